The first-order valence-corrected chi connectivity index (χ1v) is 6.88. The van der Waals surface area contributed by atoms with Crippen LogP contribution in [0.4, 0.5) is 5.69 Å². The maximum Gasteiger partial charge on any atom is 0.257 e. The van der Waals surface area contributed by atoms with Gasteiger partial charge in [0, 0.05) is 16.8 Å². The van der Waals surface area contributed by atoms with Crippen LogP contribution in [0, 0.1) is 18.3 Å². The van der Waals surface area contributed by atoms with Gasteiger partial charge in [-0.25, -0.2) is 0 Å². The first-order valence-electron chi connectivity index (χ1n) is 6.88. The van der Waals surface area contributed by atoms with Gasteiger partial charge in [-0.3, -0.25) is 4.79 Å². The van der Waals surface area contributed by atoms with Gasteiger partial charge in [-0.05, 0) is 49.4 Å². The third-order valence-electron chi connectivity index (χ3n) is 3.17. The zero-order valence-corrected chi connectivity index (χ0v) is 12.3. The summed E-state index contributed by atoms with van der Waals surface area (Å²) < 4.78 is 5.09. The molecule has 112 valence electrons. The van der Waals surface area contributed by atoms with Crippen molar-refractivity contribution in [3.63, 3.8) is 0 Å². The first-order chi connectivity index (χ1) is 11.2. The fraction of sp³-hybridized carbons (Fsp3) is 0.0588. The summed E-state index contributed by atoms with van der Waals surface area (Å²) in [5, 5.41) is 15.4. The average Bonchev–Trinajstić information content (AvgIpc) is 3.02. The molecule has 2 aromatic carbocycles. The summed E-state index contributed by atoms with van der Waals surface area (Å²) in [5.41, 5.74) is 2.29. The Morgan fingerprint density at radius 2 is 2.00 bits per heavy atom. The van der Waals surface area contributed by atoms with E-state index in [2.05, 4.69) is 15.5 Å². The molecular formula is C17H12N4O2. The molecule has 1 heterocycles. The molecule has 0 spiro atoms. The van der Waals surface area contributed by atoms with Gasteiger partial charge in [-0.1, -0.05) is 11.2 Å². The van der Waals surface area contributed by atoms with Gasteiger partial charge in [-0.2, -0.15) is 10.2 Å². The lowest BCUT2D eigenvalue weighted by atomic mass is 10.1. The van der Waals surface area contributed by atoms with E-state index in [0.717, 1.165) is 5.56 Å². The molecule has 0 radical (unpaired) electrons. The van der Waals surface area contributed by atoms with Crippen LogP contribution in [0.3, 0.4) is 0 Å². The molecule has 0 bridgehead atoms. The van der Waals surface area contributed by atoms with Crippen LogP contribution in [0.5, 0.6) is 0 Å². The smallest absolute Gasteiger partial charge is 0.257 e. The van der Waals surface area contributed by atoms with Crippen LogP contribution in [-0.2, 0) is 0 Å². The van der Waals surface area contributed by atoms with Crippen LogP contribution in [-0.4, -0.2) is 16.0 Å². The number of hydrogen-bond donors (Lipinski definition) is 1. The standard InChI is InChI=1S/C17H12N4O2/c1-11-19-17(23-21-11)13-5-7-15(8-6-13)20-16(22)14-4-2-3-12(9-14)10-18/h2-9H,1H3,(H,20,22). The molecule has 3 aromatic rings. The zero-order valence-electron chi connectivity index (χ0n) is 12.3. The number of amides is 1. The summed E-state index contributed by atoms with van der Waals surface area (Å²) in [6, 6.07) is 15.6. The van der Waals surface area contributed by atoms with E-state index in [0.29, 0.717) is 28.5 Å². The molecular weight excluding hydrogens is 292 g/mol. The van der Waals surface area contributed by atoms with Crippen molar-refractivity contribution in [2.24, 2.45) is 0 Å². The predicted molar refractivity (Wildman–Crippen MR) is 83.6 cm³/mol. The lowest BCUT2D eigenvalue weighted by molar-refractivity contribution is 0.102. The molecule has 1 amide bonds. The summed E-state index contributed by atoms with van der Waals surface area (Å²) in [6.45, 7) is 1.75. The quantitative estimate of drug-likeness (QED) is 0.802. The van der Waals surface area contributed by atoms with Crippen LogP contribution < -0.4 is 5.32 Å². The highest BCUT2D eigenvalue weighted by atomic mass is 16.5. The van der Waals surface area contributed by atoms with Crippen molar-refractivity contribution >= 4 is 11.6 Å². The van der Waals surface area contributed by atoms with Crippen molar-refractivity contribution < 1.29 is 9.32 Å². The summed E-state index contributed by atoms with van der Waals surface area (Å²) in [6.07, 6.45) is 0. The van der Waals surface area contributed by atoms with Gasteiger partial charge in [0.05, 0.1) is 11.6 Å². The van der Waals surface area contributed by atoms with Gasteiger partial charge in [-0.15, -0.1) is 0 Å². The molecule has 0 saturated carbocycles. The summed E-state index contributed by atoms with van der Waals surface area (Å²) in [5.74, 6) is 0.723. The molecule has 3 rings (SSSR count). The van der Waals surface area contributed by atoms with Gasteiger partial charge < -0.3 is 9.84 Å². The van der Waals surface area contributed by atoms with E-state index in [4.69, 9.17) is 9.78 Å². The van der Waals surface area contributed by atoms with Crippen molar-refractivity contribution in [2.45, 2.75) is 6.92 Å². The van der Waals surface area contributed by atoms with Crippen molar-refractivity contribution in [1.29, 1.82) is 5.26 Å². The minimum atomic E-state index is -0.275. The average molecular weight is 304 g/mol. The van der Waals surface area contributed by atoms with E-state index in [9.17, 15) is 4.79 Å². The second kappa shape index (κ2) is 6.12. The Morgan fingerprint density at radius 3 is 2.65 bits per heavy atom. The molecule has 0 unspecified atom stereocenters. The van der Waals surface area contributed by atoms with Gasteiger partial charge >= 0.3 is 0 Å². The minimum absolute atomic E-state index is 0.275. The highest BCUT2D eigenvalue weighted by Crippen LogP contribution is 2.20. The third kappa shape index (κ3) is 3.24. The van der Waals surface area contributed by atoms with Crippen molar-refractivity contribution in [3.8, 4) is 17.5 Å². The number of nitriles is 1. The SMILES string of the molecule is Cc1noc(-c2ccc(NC(=O)c3cccc(C#N)c3)cc2)n1. The highest BCUT2D eigenvalue weighted by molar-refractivity contribution is 6.04. The normalized spacial score (nSPS) is 10.1. The van der Waals surface area contributed by atoms with Crippen LogP contribution in [0.2, 0.25) is 0 Å². The number of nitrogens with one attached hydrogen (secondary N) is 1. The number of carbonyl (C=O) groups is 1. The molecule has 0 atom stereocenters. The Kier molecular flexibility index (Phi) is 3.85. The lowest BCUT2D eigenvalue weighted by Gasteiger charge is -2.06. The predicted octanol–water partition coefficient (Wildman–Crippen LogP) is 3.17. The molecule has 0 saturated heterocycles. The van der Waals surface area contributed by atoms with Crippen molar-refractivity contribution in [2.75, 3.05) is 5.32 Å². The molecule has 0 fully saturated rings. The Labute approximate surface area is 132 Å². The van der Waals surface area contributed by atoms with E-state index < -0.39 is 0 Å². The number of aromatic nitrogens is 2. The summed E-state index contributed by atoms with van der Waals surface area (Å²) in [7, 11) is 0. The number of anilines is 1. The van der Waals surface area contributed by atoms with Gasteiger partial charge in [0.2, 0.25) is 0 Å². The second-order valence-corrected chi connectivity index (χ2v) is 4.87. The van der Waals surface area contributed by atoms with Gasteiger partial charge in [0.25, 0.3) is 11.8 Å². The van der Waals surface area contributed by atoms with E-state index in [1.165, 1.54) is 0 Å². The number of carbonyl (C=O) groups excluding carboxylic acids is 1. The van der Waals surface area contributed by atoms with E-state index >= 15 is 0 Å². The molecule has 23 heavy (non-hydrogen) atoms. The first kappa shape index (κ1) is 14.5. The summed E-state index contributed by atoms with van der Waals surface area (Å²) in [4.78, 5) is 16.3. The van der Waals surface area contributed by atoms with Crippen LogP contribution in [0.1, 0.15) is 21.7 Å². The van der Waals surface area contributed by atoms with E-state index in [1.807, 2.05) is 6.07 Å². The molecule has 1 N–H and O–H groups in total. The number of rotatable bonds is 3. The maximum absolute atomic E-state index is 12.2. The lowest BCUT2D eigenvalue weighted by Crippen LogP contribution is -2.11. The Hall–Kier alpha value is -3.46. The van der Waals surface area contributed by atoms with Crippen LogP contribution in [0.25, 0.3) is 11.5 Å². The monoisotopic (exact) mass is 304 g/mol. The maximum atomic E-state index is 12.2. The summed E-state index contributed by atoms with van der Waals surface area (Å²) >= 11 is 0. The number of hydrogen-bond acceptors (Lipinski definition) is 5. The molecule has 0 aliphatic heterocycles. The Balaban J connectivity index is 1.75. The highest BCUT2D eigenvalue weighted by Gasteiger charge is 2.09. The second-order valence-electron chi connectivity index (χ2n) is 4.87. The number of nitrogens with zero attached hydrogens (tertiary/aromatic N) is 3. The van der Waals surface area contributed by atoms with E-state index in [1.54, 1.807) is 55.5 Å². The fourth-order valence-corrected chi connectivity index (χ4v) is 2.04. The Bertz CT molecular complexity index is 891. The number of aryl methyl sites for hydroxylation is 1. The zero-order chi connectivity index (χ0) is 16.2. The Morgan fingerprint density at radius 1 is 1.22 bits per heavy atom. The van der Waals surface area contributed by atoms with Crippen molar-refractivity contribution in [1.82, 2.24) is 10.1 Å². The fourth-order valence-electron chi connectivity index (χ4n) is 2.04. The molecule has 6 nitrogen and oxygen atoms in total. The molecule has 0 aliphatic rings. The van der Waals surface area contributed by atoms with Crippen molar-refractivity contribution in [3.05, 3.63) is 65.5 Å². The van der Waals surface area contributed by atoms with E-state index in [-0.39, 0.29) is 5.91 Å². The number of benzene rings is 2. The largest absolute Gasteiger partial charge is 0.334 e. The molecule has 0 aliphatic carbocycles. The molecule has 6 heteroatoms. The minimum Gasteiger partial charge on any atom is -0.334 e. The van der Waals surface area contributed by atoms with Crippen LogP contribution >= 0.6 is 0 Å². The van der Waals surface area contributed by atoms with Gasteiger partial charge in [0.1, 0.15) is 0 Å². The third-order valence-corrected chi connectivity index (χ3v) is 3.17. The van der Waals surface area contributed by atoms with Crippen LogP contribution in [0.15, 0.2) is 53.1 Å². The van der Waals surface area contributed by atoms with Gasteiger partial charge in [0.15, 0.2) is 5.82 Å². The topological polar surface area (TPSA) is 91.8 Å². The molecule has 1 aromatic heterocycles.